The number of allylic oxidation sites excluding steroid dienone is 12. The van der Waals surface area contributed by atoms with E-state index in [4.69, 9.17) is 29.4 Å². The fourth-order valence-electron chi connectivity index (χ4n) is 8.30. The first-order valence-corrected chi connectivity index (χ1v) is 24.1. The third kappa shape index (κ3) is 21.0. The van der Waals surface area contributed by atoms with Crippen molar-refractivity contribution < 1.29 is 84.3 Å². The van der Waals surface area contributed by atoms with E-state index in [0.29, 0.717) is 0 Å². The van der Waals surface area contributed by atoms with Gasteiger partial charge in [-0.2, -0.15) is 0 Å². The zero-order valence-electron chi connectivity index (χ0n) is 40.7. The van der Waals surface area contributed by atoms with Gasteiger partial charge in [0.15, 0.2) is 12.1 Å². The zero-order chi connectivity index (χ0) is 52.0. The molecule has 0 aromatic heterocycles. The van der Waals surface area contributed by atoms with E-state index in [1.54, 1.807) is 69.4 Å². The van der Waals surface area contributed by atoms with E-state index in [-0.39, 0.29) is 38.2 Å². The van der Waals surface area contributed by atoms with Crippen LogP contribution in [-0.2, 0) is 33.3 Å². The van der Waals surface area contributed by atoms with Gasteiger partial charge in [-0.25, -0.2) is 4.79 Å². The Kier molecular flexibility index (Phi) is 26.6. The van der Waals surface area contributed by atoms with Crippen LogP contribution in [0.2, 0.25) is 0 Å². The van der Waals surface area contributed by atoms with Crippen molar-refractivity contribution in [3.05, 3.63) is 110 Å². The predicted molar refractivity (Wildman–Crippen MR) is 260 cm³/mol. The van der Waals surface area contributed by atoms with Crippen molar-refractivity contribution in [3.63, 3.8) is 0 Å². The normalized spacial score (nSPS) is 39.9. The van der Waals surface area contributed by atoms with Gasteiger partial charge in [-0.05, 0) is 33.1 Å². The molecule has 12 N–H and O–H groups in total. The van der Waals surface area contributed by atoms with Crippen molar-refractivity contribution in [2.45, 2.75) is 177 Å². The lowest BCUT2D eigenvalue weighted by molar-refractivity contribution is -0.306. The van der Waals surface area contributed by atoms with Crippen LogP contribution in [0.1, 0.15) is 79.1 Å². The van der Waals surface area contributed by atoms with E-state index in [1.807, 2.05) is 43.4 Å². The minimum atomic E-state index is -2.23. The van der Waals surface area contributed by atoms with Gasteiger partial charge in [0.1, 0.15) is 18.8 Å². The molecule has 3 rings (SSSR count). The summed E-state index contributed by atoms with van der Waals surface area (Å²) in [7, 11) is 0. The molecule has 18 nitrogen and oxygen atoms in total. The van der Waals surface area contributed by atoms with Crippen molar-refractivity contribution in [1.29, 1.82) is 0 Å². The molecular formula is C52H79NO17. The van der Waals surface area contributed by atoms with Crippen LogP contribution in [0.15, 0.2) is 110 Å². The average molecular weight is 990 g/mol. The second-order valence-corrected chi connectivity index (χ2v) is 18.6. The lowest BCUT2D eigenvalue weighted by Crippen LogP contribution is -2.61. The summed E-state index contributed by atoms with van der Waals surface area (Å²) in [5, 5.41) is 110. The maximum Gasteiger partial charge on any atom is 0.330 e. The maximum absolute atomic E-state index is 12.7. The zero-order valence-corrected chi connectivity index (χ0v) is 40.7. The van der Waals surface area contributed by atoms with Crippen LogP contribution < -0.4 is 5.73 Å². The predicted octanol–water partition coefficient (Wildman–Crippen LogP) is 1.91. The summed E-state index contributed by atoms with van der Waals surface area (Å²) in [5.74, 6) is -5.40. The van der Waals surface area contributed by atoms with Gasteiger partial charge in [0.05, 0.1) is 79.6 Å². The maximum atomic E-state index is 12.7. The highest BCUT2D eigenvalue weighted by Gasteiger charge is 2.48. The smallest absolute Gasteiger partial charge is 0.330 e. The van der Waals surface area contributed by atoms with E-state index < -0.39 is 147 Å². The Hall–Kier alpha value is -3.96. The molecule has 0 aliphatic carbocycles. The highest BCUT2D eigenvalue weighted by molar-refractivity contribution is 5.82. The minimum absolute atomic E-state index is 0.0759. The Morgan fingerprint density at radius 3 is 1.94 bits per heavy atom. The largest absolute Gasteiger partial charge is 0.462 e. The quantitative estimate of drug-likeness (QED) is 0.103. The second kappa shape index (κ2) is 30.8. The summed E-state index contributed by atoms with van der Waals surface area (Å²) >= 11 is 0. The fraction of sp³-hybridized carbons (Fsp3) is 0.615. The fourth-order valence-corrected chi connectivity index (χ4v) is 8.30. The number of ether oxygens (including phenoxy) is 5. The number of rotatable bonds is 6. The number of carbonyl (C=O) groups excluding carboxylic acids is 2. The number of carbonyl (C=O) groups is 2. The molecule has 0 spiro atoms. The minimum Gasteiger partial charge on any atom is -0.462 e. The molecule has 3 aliphatic heterocycles. The average Bonchev–Trinajstić information content (AvgIpc) is 3.29. The summed E-state index contributed by atoms with van der Waals surface area (Å²) in [6.07, 6.45) is 9.19. The van der Waals surface area contributed by atoms with Crippen molar-refractivity contribution in [2.75, 3.05) is 6.61 Å². The first kappa shape index (κ1) is 60.3. The van der Waals surface area contributed by atoms with Crippen LogP contribution in [-0.4, -0.2) is 167 Å². The summed E-state index contributed by atoms with van der Waals surface area (Å²) in [5.41, 5.74) is 6.10. The highest BCUT2D eigenvalue weighted by Crippen LogP contribution is 2.38. The number of hydrogen-bond acceptors (Lipinski definition) is 18. The Balaban J connectivity index is 1.93. The molecule has 0 radical (unpaired) electrons. The van der Waals surface area contributed by atoms with Gasteiger partial charge in [-0.1, -0.05) is 118 Å². The highest BCUT2D eigenvalue weighted by atomic mass is 16.7. The van der Waals surface area contributed by atoms with E-state index in [9.17, 15) is 60.7 Å². The molecule has 2 fully saturated rings. The Bertz CT molecular complexity index is 1830. The molecular weight excluding hydrogens is 911 g/mol. The first-order chi connectivity index (χ1) is 33.1. The third-order valence-electron chi connectivity index (χ3n) is 12.6. The number of aliphatic hydroxyl groups excluding tert-OH is 9. The van der Waals surface area contributed by atoms with Crippen LogP contribution >= 0.6 is 0 Å². The number of hydrogen-bond donors (Lipinski definition) is 11. The van der Waals surface area contributed by atoms with Crippen LogP contribution in [0.25, 0.3) is 0 Å². The van der Waals surface area contributed by atoms with Crippen molar-refractivity contribution >= 4 is 11.9 Å². The van der Waals surface area contributed by atoms with Gasteiger partial charge in [-0.3, -0.25) is 4.79 Å². The number of nitrogens with two attached hydrogens (primary N) is 1. The Morgan fingerprint density at radius 2 is 1.33 bits per heavy atom. The standard InChI is InChI=1S/C52H79NO17/c1-6-25-66-45(60)24-22-40-43(59)31-52(65)30-38(56)27-42(58)41(57)23-21-36(54)26-37(55)28-46(61)67-34(4)33(3)48(62)32(2)19-17-15-13-11-9-7-8-10-12-14-16-18-20-39(29-44(40)70-52)69-51-50(64)47(53)49(63)35(5)68-51/h6-20,22,24,32-44,47-51,54-59,62-65H,1,21,23,25-31,53H2,2-5H3/b8-7?,11-9?,12-10?,15-13?,16-14?,19-17?,20-18?,24-22+/t32-,33-,34-,35+,36+,37+,38-,39-,40+,41+,42+,43-,44-,47-,48+,49+,50-,51-,52+/m0/s1. The molecule has 18 heteroatoms. The number of esters is 2. The van der Waals surface area contributed by atoms with Crippen LogP contribution in [0.3, 0.4) is 0 Å². The van der Waals surface area contributed by atoms with Gasteiger partial charge < -0.3 is 80.5 Å². The number of aliphatic hydroxyl groups is 10. The second-order valence-electron chi connectivity index (χ2n) is 18.6. The molecule has 0 amide bonds. The molecule has 70 heavy (non-hydrogen) atoms. The lowest BCUT2D eigenvalue weighted by Gasteiger charge is -2.46. The molecule has 3 aliphatic rings. The van der Waals surface area contributed by atoms with E-state index in [1.165, 1.54) is 12.2 Å². The molecule has 3 heterocycles. The molecule has 0 saturated carbocycles. The van der Waals surface area contributed by atoms with Crippen molar-refractivity contribution in [2.24, 2.45) is 23.5 Å². The molecule has 2 saturated heterocycles. The van der Waals surface area contributed by atoms with Crippen molar-refractivity contribution in [1.82, 2.24) is 0 Å². The first-order valence-electron chi connectivity index (χ1n) is 24.1. The topological polar surface area (TPSA) is 309 Å². The third-order valence-corrected chi connectivity index (χ3v) is 12.6. The Labute approximate surface area is 411 Å². The van der Waals surface area contributed by atoms with Crippen molar-refractivity contribution in [3.8, 4) is 0 Å². The molecule has 0 unspecified atom stereocenters. The molecule has 0 aromatic rings. The van der Waals surface area contributed by atoms with Gasteiger partial charge in [-0.15, -0.1) is 0 Å². The summed E-state index contributed by atoms with van der Waals surface area (Å²) < 4.78 is 28.8. The monoisotopic (exact) mass is 990 g/mol. The molecule has 2 bridgehead atoms. The molecule has 19 atom stereocenters. The van der Waals surface area contributed by atoms with E-state index >= 15 is 0 Å². The van der Waals surface area contributed by atoms with Gasteiger partial charge in [0, 0.05) is 49.5 Å². The lowest BCUT2D eigenvalue weighted by atomic mass is 9.82. The van der Waals surface area contributed by atoms with Crippen LogP contribution in [0.4, 0.5) is 0 Å². The number of fused-ring (bicyclic) bond motifs is 2. The SMILES string of the molecule is C=CCOC(=O)/C=C/[C@H]1[C@@H]2C[C@@H](O[C@@H]3O[C@H](C)[C@@H](O)[C@H](N)[C@@H]3O)C=CC=CC=CC=CC=CC=CC=C[C@H](C)[C@@H](O)[C@@H](C)[C@H](C)OC(=O)C[C@H](O)C[C@H](O)CC[C@@H](O)[C@H](O)C[C@H](O)C[C@](O)(C[C@@H]1O)O2. The van der Waals surface area contributed by atoms with E-state index in [0.717, 1.165) is 6.08 Å². The Morgan fingerprint density at radius 1 is 0.729 bits per heavy atom. The van der Waals surface area contributed by atoms with E-state index in [2.05, 4.69) is 6.58 Å². The summed E-state index contributed by atoms with van der Waals surface area (Å²) in [6.45, 7) is 10.2. The molecule has 0 aromatic carbocycles. The van der Waals surface area contributed by atoms with Gasteiger partial charge in [0.25, 0.3) is 0 Å². The van der Waals surface area contributed by atoms with Gasteiger partial charge >= 0.3 is 11.9 Å². The molecule has 394 valence electrons. The number of cyclic esters (lactones) is 1. The summed E-state index contributed by atoms with van der Waals surface area (Å²) in [6, 6.07) is -1.12. The summed E-state index contributed by atoms with van der Waals surface area (Å²) in [4.78, 5) is 25.2. The van der Waals surface area contributed by atoms with Gasteiger partial charge in [0.2, 0.25) is 0 Å². The van der Waals surface area contributed by atoms with Crippen LogP contribution in [0.5, 0.6) is 0 Å². The van der Waals surface area contributed by atoms with Crippen LogP contribution in [0, 0.1) is 17.8 Å².